The van der Waals surface area contributed by atoms with Gasteiger partial charge in [-0.1, -0.05) is 71.7 Å². The van der Waals surface area contributed by atoms with Crippen molar-refractivity contribution in [3.8, 4) is 45.4 Å². The number of ether oxygens (including phenoxy) is 2. The molecule has 2 aromatic carbocycles. The van der Waals surface area contributed by atoms with Gasteiger partial charge in [0, 0.05) is 72.6 Å². The van der Waals surface area contributed by atoms with Crippen LogP contribution in [-0.4, -0.2) is 62.4 Å². The van der Waals surface area contributed by atoms with E-state index in [1.807, 2.05) is 60.7 Å². The number of primary amides is 2. The largest absolute Gasteiger partial charge is 0.481 e. The van der Waals surface area contributed by atoms with Gasteiger partial charge in [0.15, 0.2) is 0 Å². The van der Waals surface area contributed by atoms with Gasteiger partial charge in [-0.25, -0.2) is 19.6 Å². The first kappa shape index (κ1) is 34.3. The lowest BCUT2D eigenvalue weighted by Crippen LogP contribution is -2.35. The van der Waals surface area contributed by atoms with Gasteiger partial charge in [-0.3, -0.25) is 0 Å². The molecule has 4 rings (SSSR count). The Morgan fingerprint density at radius 3 is 1.39 bits per heavy atom. The van der Waals surface area contributed by atoms with Crippen LogP contribution < -0.4 is 42.2 Å². The SMILES string of the molecule is COc1nc(-c2cccc(-c3cccc(-c4ccc(CNCCNC(N)=O)c(OC)n4)c3Cl)c2Cl)ccc1CNCCNC(N)=O. The first-order chi connectivity index (χ1) is 22.2. The monoisotopic (exact) mass is 666 g/mol. The third kappa shape index (κ3) is 8.76. The van der Waals surface area contributed by atoms with Crippen molar-refractivity contribution >= 4 is 35.3 Å². The van der Waals surface area contributed by atoms with Crippen LogP contribution in [0.5, 0.6) is 11.8 Å². The lowest BCUT2D eigenvalue weighted by Gasteiger charge is -2.15. The Kier molecular flexibility index (Phi) is 12.4. The molecule has 12 nitrogen and oxygen atoms in total. The molecule has 4 aromatic rings. The molecule has 14 heteroatoms. The Hall–Kier alpha value is -4.62. The van der Waals surface area contributed by atoms with Crippen LogP contribution in [-0.2, 0) is 13.1 Å². The van der Waals surface area contributed by atoms with E-state index >= 15 is 0 Å². The van der Waals surface area contributed by atoms with E-state index in [4.69, 9.17) is 54.1 Å². The molecule has 0 saturated carbocycles. The third-order valence-electron chi connectivity index (χ3n) is 6.94. The Bertz CT molecular complexity index is 1570. The molecular weight excluding hydrogens is 631 g/mol. The molecule has 2 heterocycles. The highest BCUT2D eigenvalue weighted by Crippen LogP contribution is 2.42. The molecule has 0 spiro atoms. The number of halogens is 2. The topological polar surface area (TPSA) is 179 Å². The Morgan fingerprint density at radius 1 is 0.630 bits per heavy atom. The van der Waals surface area contributed by atoms with Gasteiger partial charge in [0.2, 0.25) is 11.8 Å². The molecule has 0 aliphatic rings. The van der Waals surface area contributed by atoms with Gasteiger partial charge < -0.3 is 42.2 Å². The van der Waals surface area contributed by atoms with Gasteiger partial charge in [0.1, 0.15) is 0 Å². The number of amides is 4. The fraction of sp³-hybridized carbons (Fsp3) is 0.250. The second-order valence-electron chi connectivity index (χ2n) is 10.00. The minimum absolute atomic E-state index is 0.403. The molecule has 0 radical (unpaired) electrons. The summed E-state index contributed by atoms with van der Waals surface area (Å²) in [5.41, 5.74) is 16.1. The number of carbonyl (C=O) groups is 2. The van der Waals surface area contributed by atoms with Crippen molar-refractivity contribution in [3.05, 3.63) is 81.8 Å². The van der Waals surface area contributed by atoms with E-state index in [-0.39, 0.29) is 0 Å². The number of nitrogens with two attached hydrogens (primary N) is 2. The lowest BCUT2D eigenvalue weighted by atomic mass is 9.98. The van der Waals surface area contributed by atoms with E-state index in [1.54, 1.807) is 14.2 Å². The summed E-state index contributed by atoms with van der Waals surface area (Å²) in [6.07, 6.45) is 0. The summed E-state index contributed by atoms with van der Waals surface area (Å²) >= 11 is 14.0. The Balaban J connectivity index is 1.57. The van der Waals surface area contributed by atoms with Crippen LogP contribution in [0.15, 0.2) is 60.7 Å². The molecular formula is C32H36Cl2N8O4. The van der Waals surface area contributed by atoms with E-state index in [9.17, 15) is 9.59 Å². The molecule has 242 valence electrons. The first-order valence-corrected chi connectivity index (χ1v) is 15.1. The smallest absolute Gasteiger partial charge is 0.312 e. The molecule has 2 aromatic heterocycles. The molecule has 0 saturated heterocycles. The van der Waals surface area contributed by atoms with E-state index < -0.39 is 12.1 Å². The number of carbonyl (C=O) groups excluding carboxylic acids is 2. The number of methoxy groups -OCH3 is 2. The summed E-state index contributed by atoms with van der Waals surface area (Å²) in [7, 11) is 3.12. The molecule has 4 amide bonds. The van der Waals surface area contributed by atoms with E-state index in [1.165, 1.54) is 0 Å². The number of hydrogen-bond donors (Lipinski definition) is 6. The average molecular weight is 668 g/mol. The fourth-order valence-electron chi connectivity index (χ4n) is 4.73. The number of aromatic nitrogens is 2. The van der Waals surface area contributed by atoms with Crippen LogP contribution in [0.2, 0.25) is 10.0 Å². The maximum Gasteiger partial charge on any atom is 0.312 e. The van der Waals surface area contributed by atoms with Crippen LogP contribution in [0.3, 0.4) is 0 Å². The summed E-state index contributed by atoms with van der Waals surface area (Å²) < 4.78 is 11.1. The van der Waals surface area contributed by atoms with E-state index in [0.29, 0.717) is 83.6 Å². The van der Waals surface area contributed by atoms with Crippen LogP contribution in [0.1, 0.15) is 11.1 Å². The predicted octanol–water partition coefficient (Wildman–Crippen LogP) is 4.32. The molecule has 0 atom stereocenters. The van der Waals surface area contributed by atoms with Crippen molar-refractivity contribution in [2.45, 2.75) is 13.1 Å². The molecule has 0 fully saturated rings. The highest BCUT2D eigenvalue weighted by molar-refractivity contribution is 6.39. The molecule has 0 aliphatic heterocycles. The maximum atomic E-state index is 10.9. The van der Waals surface area contributed by atoms with Gasteiger partial charge in [-0.2, -0.15) is 0 Å². The second kappa shape index (κ2) is 16.6. The number of pyridine rings is 2. The number of nitrogens with zero attached hydrogens (tertiary/aromatic N) is 2. The first-order valence-electron chi connectivity index (χ1n) is 14.4. The van der Waals surface area contributed by atoms with Crippen molar-refractivity contribution in [2.24, 2.45) is 11.5 Å². The van der Waals surface area contributed by atoms with Crippen LogP contribution in [0.25, 0.3) is 33.6 Å². The second-order valence-corrected chi connectivity index (χ2v) is 10.8. The number of hydrogen-bond acceptors (Lipinski definition) is 8. The molecule has 0 aliphatic carbocycles. The molecule has 0 bridgehead atoms. The van der Waals surface area contributed by atoms with Crippen molar-refractivity contribution in [2.75, 3.05) is 40.4 Å². The minimum Gasteiger partial charge on any atom is -0.481 e. The van der Waals surface area contributed by atoms with Crippen LogP contribution in [0.4, 0.5) is 9.59 Å². The van der Waals surface area contributed by atoms with Crippen molar-refractivity contribution in [1.29, 1.82) is 0 Å². The summed E-state index contributed by atoms with van der Waals surface area (Å²) in [6, 6.07) is 17.9. The van der Waals surface area contributed by atoms with Crippen molar-refractivity contribution in [3.63, 3.8) is 0 Å². The summed E-state index contributed by atoms with van der Waals surface area (Å²) in [5, 5.41) is 12.5. The number of nitrogens with one attached hydrogen (secondary N) is 4. The Morgan fingerprint density at radius 2 is 1.02 bits per heavy atom. The highest BCUT2D eigenvalue weighted by Gasteiger charge is 2.18. The van der Waals surface area contributed by atoms with Gasteiger partial charge in [0.25, 0.3) is 0 Å². The summed E-state index contributed by atoms with van der Waals surface area (Å²) in [5.74, 6) is 0.908. The van der Waals surface area contributed by atoms with E-state index in [2.05, 4.69) is 21.3 Å². The predicted molar refractivity (Wildman–Crippen MR) is 180 cm³/mol. The minimum atomic E-state index is -0.568. The fourth-order valence-corrected chi connectivity index (χ4v) is 5.38. The highest BCUT2D eigenvalue weighted by atomic mass is 35.5. The normalized spacial score (nSPS) is 10.8. The quantitative estimate of drug-likeness (QED) is 0.102. The Labute approximate surface area is 277 Å². The summed E-state index contributed by atoms with van der Waals surface area (Å²) in [4.78, 5) is 31.1. The zero-order valence-electron chi connectivity index (χ0n) is 25.5. The molecule has 46 heavy (non-hydrogen) atoms. The number of rotatable bonds is 15. The van der Waals surface area contributed by atoms with Gasteiger partial charge in [-0.15, -0.1) is 0 Å². The maximum absolute atomic E-state index is 10.9. The number of urea groups is 2. The lowest BCUT2D eigenvalue weighted by molar-refractivity contribution is 0.248. The molecule has 8 N–H and O–H groups in total. The van der Waals surface area contributed by atoms with E-state index in [0.717, 1.165) is 22.3 Å². The zero-order valence-corrected chi connectivity index (χ0v) is 27.0. The zero-order chi connectivity index (χ0) is 33.1. The van der Waals surface area contributed by atoms with Crippen LogP contribution in [0, 0.1) is 0 Å². The molecule has 0 unspecified atom stereocenters. The van der Waals surface area contributed by atoms with Crippen molar-refractivity contribution < 1.29 is 19.1 Å². The van der Waals surface area contributed by atoms with Crippen LogP contribution >= 0.6 is 23.2 Å². The third-order valence-corrected chi connectivity index (χ3v) is 7.75. The number of benzene rings is 2. The average Bonchev–Trinajstić information content (AvgIpc) is 3.04. The van der Waals surface area contributed by atoms with Gasteiger partial charge in [-0.05, 0) is 12.1 Å². The van der Waals surface area contributed by atoms with Gasteiger partial charge >= 0.3 is 12.1 Å². The van der Waals surface area contributed by atoms with Crippen molar-refractivity contribution in [1.82, 2.24) is 31.2 Å². The summed E-state index contributed by atoms with van der Waals surface area (Å²) in [6.45, 7) is 2.84. The van der Waals surface area contributed by atoms with Gasteiger partial charge in [0.05, 0.1) is 35.7 Å². The standard InChI is InChI=1S/C32H36Cl2N8O4/c1-45-29-19(17-37-13-15-39-31(35)43)9-11-25(41-29)23-7-3-5-21(27(23)33)22-6-4-8-24(28(22)34)26-12-10-20(30(42-26)46-2)18-38-14-16-40-32(36)44/h3-12,37-38H,13-18H2,1-2H3,(H3,35,39,43)(H3,36,40,44).